The molecule has 3 rings (SSSR count). The molecule has 2 amide bonds. The maximum atomic E-state index is 13.0. The Labute approximate surface area is 208 Å². The summed E-state index contributed by atoms with van der Waals surface area (Å²) in [6.07, 6.45) is 5.06. The quantitative estimate of drug-likeness (QED) is 0.530. The number of esters is 1. The van der Waals surface area contributed by atoms with Crippen LogP contribution in [0.25, 0.3) is 0 Å². The highest BCUT2D eigenvalue weighted by Crippen LogP contribution is 2.30. The van der Waals surface area contributed by atoms with E-state index in [1.165, 1.54) is 12.7 Å². The highest BCUT2D eigenvalue weighted by atomic mass is 16.6. The summed E-state index contributed by atoms with van der Waals surface area (Å²) in [5.74, 6) is 1.21. The summed E-state index contributed by atoms with van der Waals surface area (Å²) < 4.78 is 15.5. The van der Waals surface area contributed by atoms with Gasteiger partial charge in [-0.1, -0.05) is 12.1 Å². The minimum absolute atomic E-state index is 0.110. The van der Waals surface area contributed by atoms with E-state index in [1.807, 2.05) is 49.9 Å². The summed E-state index contributed by atoms with van der Waals surface area (Å²) in [4.78, 5) is 40.2. The van der Waals surface area contributed by atoms with Crippen molar-refractivity contribution in [3.05, 3.63) is 29.8 Å². The van der Waals surface area contributed by atoms with Crippen molar-refractivity contribution in [2.75, 3.05) is 39.9 Å². The van der Waals surface area contributed by atoms with Gasteiger partial charge in [-0.25, -0.2) is 9.59 Å². The fourth-order valence-electron chi connectivity index (χ4n) is 4.73. The molecule has 194 valence electrons. The number of carbonyl (C=O) groups is 3. The van der Waals surface area contributed by atoms with E-state index in [1.54, 1.807) is 4.90 Å². The molecule has 0 spiro atoms. The van der Waals surface area contributed by atoms with Crippen molar-refractivity contribution in [3.63, 3.8) is 0 Å². The molecule has 0 aliphatic carbocycles. The number of benzene rings is 1. The zero-order valence-electron chi connectivity index (χ0n) is 21.6. The lowest BCUT2D eigenvalue weighted by atomic mass is 9.89. The largest absolute Gasteiger partial charge is 0.482 e. The summed E-state index contributed by atoms with van der Waals surface area (Å²) >= 11 is 0. The van der Waals surface area contributed by atoms with E-state index in [9.17, 15) is 14.4 Å². The van der Waals surface area contributed by atoms with Gasteiger partial charge in [0.1, 0.15) is 11.4 Å². The van der Waals surface area contributed by atoms with Crippen molar-refractivity contribution in [2.45, 2.75) is 70.8 Å². The Morgan fingerprint density at radius 2 is 1.66 bits per heavy atom. The summed E-state index contributed by atoms with van der Waals surface area (Å²) in [6, 6.07) is 7.76. The Balaban J connectivity index is 1.41. The maximum Gasteiger partial charge on any atom is 0.410 e. The Kier molecular flexibility index (Phi) is 9.40. The van der Waals surface area contributed by atoms with E-state index in [0.29, 0.717) is 37.1 Å². The van der Waals surface area contributed by atoms with Gasteiger partial charge in [0.15, 0.2) is 6.61 Å². The zero-order valence-corrected chi connectivity index (χ0v) is 21.6. The van der Waals surface area contributed by atoms with Gasteiger partial charge in [-0.3, -0.25) is 4.79 Å². The van der Waals surface area contributed by atoms with Crippen molar-refractivity contribution in [1.82, 2.24) is 9.80 Å². The van der Waals surface area contributed by atoms with Gasteiger partial charge in [-0.05, 0) is 76.5 Å². The molecule has 8 nitrogen and oxygen atoms in total. The third-order valence-corrected chi connectivity index (χ3v) is 6.74. The number of nitrogens with zero attached hydrogens (tertiary/aromatic N) is 2. The van der Waals surface area contributed by atoms with Crippen molar-refractivity contribution >= 4 is 18.0 Å². The predicted molar refractivity (Wildman–Crippen MR) is 132 cm³/mol. The van der Waals surface area contributed by atoms with Crippen LogP contribution < -0.4 is 4.74 Å². The third-order valence-electron chi connectivity index (χ3n) is 6.74. The normalized spacial score (nSPS) is 19.3. The second-order valence-electron chi connectivity index (χ2n) is 10.6. The van der Waals surface area contributed by atoms with E-state index in [0.717, 1.165) is 45.2 Å². The molecule has 2 saturated heterocycles. The summed E-state index contributed by atoms with van der Waals surface area (Å²) in [5.41, 5.74) is 0.704. The molecule has 1 unspecified atom stereocenters. The van der Waals surface area contributed by atoms with Crippen LogP contribution >= 0.6 is 0 Å². The first kappa shape index (κ1) is 26.8. The molecule has 2 aliphatic heterocycles. The number of hydrogen-bond acceptors (Lipinski definition) is 6. The lowest BCUT2D eigenvalue weighted by Gasteiger charge is -2.35. The molecule has 0 saturated carbocycles. The highest BCUT2D eigenvalue weighted by Gasteiger charge is 2.29. The highest BCUT2D eigenvalue weighted by molar-refractivity contribution is 5.76. The fourth-order valence-corrected chi connectivity index (χ4v) is 4.73. The van der Waals surface area contributed by atoms with Gasteiger partial charge in [0.2, 0.25) is 5.91 Å². The standard InChI is InChI=1S/C27H40N2O6/c1-27(2,3)35-26(32)28-16-13-20(14-17-28)7-12-24(30)29-15-5-6-22(18-29)21-8-10-23(11-9-21)34-19-25(31)33-4/h8-11,20,22H,5-7,12-19H2,1-4H3. The SMILES string of the molecule is COC(=O)COc1ccc(C2CCCN(C(=O)CCC3CCN(C(=O)OC(C)(C)C)CC3)C2)cc1. The molecule has 0 radical (unpaired) electrons. The van der Waals surface area contributed by atoms with Crippen LogP contribution in [0, 0.1) is 5.92 Å². The van der Waals surface area contributed by atoms with Crippen LogP contribution in [0.2, 0.25) is 0 Å². The molecule has 2 fully saturated rings. The van der Waals surface area contributed by atoms with Crippen LogP contribution in [-0.4, -0.2) is 73.3 Å². The van der Waals surface area contributed by atoms with Crippen LogP contribution in [-0.2, 0) is 19.1 Å². The van der Waals surface area contributed by atoms with Crippen molar-refractivity contribution in [1.29, 1.82) is 0 Å². The number of methoxy groups -OCH3 is 1. The number of carbonyl (C=O) groups excluding carboxylic acids is 3. The molecule has 1 aromatic carbocycles. The Bertz CT molecular complexity index is 855. The van der Waals surface area contributed by atoms with Gasteiger partial charge in [0, 0.05) is 38.5 Å². The molecule has 8 heteroatoms. The number of ether oxygens (including phenoxy) is 3. The molecule has 0 N–H and O–H groups in total. The molecular formula is C27H40N2O6. The number of piperidine rings is 2. The van der Waals surface area contributed by atoms with Gasteiger partial charge in [-0.15, -0.1) is 0 Å². The van der Waals surface area contributed by atoms with Crippen LogP contribution in [0.1, 0.15) is 70.8 Å². The van der Waals surface area contributed by atoms with E-state index in [-0.39, 0.29) is 18.6 Å². The van der Waals surface area contributed by atoms with Crippen LogP contribution in [0.4, 0.5) is 4.79 Å². The summed E-state index contributed by atoms with van der Waals surface area (Å²) in [6.45, 7) is 8.47. The maximum absolute atomic E-state index is 13.0. The Morgan fingerprint density at radius 1 is 0.971 bits per heavy atom. The smallest absolute Gasteiger partial charge is 0.410 e. The van der Waals surface area contributed by atoms with Crippen LogP contribution in [0.3, 0.4) is 0 Å². The molecule has 0 aromatic heterocycles. The monoisotopic (exact) mass is 488 g/mol. The van der Waals surface area contributed by atoms with Crippen LogP contribution in [0.5, 0.6) is 5.75 Å². The van der Waals surface area contributed by atoms with E-state index >= 15 is 0 Å². The van der Waals surface area contributed by atoms with E-state index < -0.39 is 11.6 Å². The van der Waals surface area contributed by atoms with Crippen molar-refractivity contribution < 1.29 is 28.6 Å². The summed E-state index contributed by atoms with van der Waals surface area (Å²) in [5, 5.41) is 0. The molecule has 0 bridgehead atoms. The van der Waals surface area contributed by atoms with Gasteiger partial charge in [-0.2, -0.15) is 0 Å². The lowest BCUT2D eigenvalue weighted by Crippen LogP contribution is -2.42. The van der Waals surface area contributed by atoms with E-state index in [2.05, 4.69) is 4.74 Å². The van der Waals surface area contributed by atoms with Crippen LogP contribution in [0.15, 0.2) is 24.3 Å². The average Bonchev–Trinajstić information content (AvgIpc) is 2.85. The van der Waals surface area contributed by atoms with Gasteiger partial charge in [0.05, 0.1) is 7.11 Å². The lowest BCUT2D eigenvalue weighted by molar-refractivity contribution is -0.143. The van der Waals surface area contributed by atoms with Crippen molar-refractivity contribution in [2.24, 2.45) is 5.92 Å². The zero-order chi connectivity index (χ0) is 25.4. The Morgan fingerprint density at radius 3 is 2.29 bits per heavy atom. The van der Waals surface area contributed by atoms with Gasteiger partial charge >= 0.3 is 12.1 Å². The molecule has 35 heavy (non-hydrogen) atoms. The Hall–Kier alpha value is -2.77. The first-order valence-electron chi connectivity index (χ1n) is 12.7. The fraction of sp³-hybridized carbons (Fsp3) is 0.667. The first-order chi connectivity index (χ1) is 16.6. The number of rotatable bonds is 7. The topological polar surface area (TPSA) is 85.4 Å². The minimum atomic E-state index is -0.479. The molecule has 1 aromatic rings. The molecule has 2 heterocycles. The number of amides is 2. The average molecular weight is 489 g/mol. The predicted octanol–water partition coefficient (Wildman–Crippen LogP) is 4.37. The van der Waals surface area contributed by atoms with Gasteiger partial charge in [0.25, 0.3) is 0 Å². The second kappa shape index (κ2) is 12.3. The molecule has 2 aliphatic rings. The molecule has 1 atom stereocenters. The summed E-state index contributed by atoms with van der Waals surface area (Å²) in [7, 11) is 1.33. The number of hydrogen-bond donors (Lipinski definition) is 0. The molecular weight excluding hydrogens is 448 g/mol. The first-order valence-corrected chi connectivity index (χ1v) is 12.7. The van der Waals surface area contributed by atoms with Crippen molar-refractivity contribution in [3.8, 4) is 5.75 Å². The van der Waals surface area contributed by atoms with Gasteiger partial charge < -0.3 is 24.0 Å². The second-order valence-corrected chi connectivity index (χ2v) is 10.6. The number of likely N-dealkylation sites (tertiary alicyclic amines) is 2. The third kappa shape index (κ3) is 8.44. The minimum Gasteiger partial charge on any atom is -0.482 e. The van der Waals surface area contributed by atoms with E-state index in [4.69, 9.17) is 9.47 Å².